The molecule has 15 heteroatoms. The number of aromatic amines is 1. The van der Waals surface area contributed by atoms with Gasteiger partial charge in [-0.25, -0.2) is 22.9 Å². The minimum absolute atomic E-state index is 0.0928. The third-order valence-corrected chi connectivity index (χ3v) is 9.44. The van der Waals surface area contributed by atoms with E-state index in [0.29, 0.717) is 37.2 Å². The fourth-order valence-electron chi connectivity index (χ4n) is 4.73. The van der Waals surface area contributed by atoms with Crippen LogP contribution in [0.1, 0.15) is 76.9 Å². The Balaban J connectivity index is 1.70. The van der Waals surface area contributed by atoms with Crippen LogP contribution < -0.4 is 15.4 Å². The van der Waals surface area contributed by atoms with E-state index in [1.165, 1.54) is 24.4 Å². The highest BCUT2D eigenvalue weighted by atomic mass is 32.2. The van der Waals surface area contributed by atoms with E-state index in [2.05, 4.69) is 30.5 Å². The number of benzene rings is 1. The van der Waals surface area contributed by atoms with Crippen molar-refractivity contribution in [2.45, 2.75) is 95.0 Å². The Kier molecular flexibility index (Phi) is 9.23. The molecule has 3 aromatic rings. The summed E-state index contributed by atoms with van der Waals surface area (Å²) in [6, 6.07) is 5.66. The summed E-state index contributed by atoms with van der Waals surface area (Å²) in [6.45, 7) is 8.44. The molecule has 230 valence electrons. The lowest BCUT2D eigenvalue weighted by Crippen LogP contribution is -2.40. The van der Waals surface area contributed by atoms with Gasteiger partial charge in [0.2, 0.25) is 10.0 Å². The lowest BCUT2D eigenvalue weighted by molar-refractivity contribution is -0.140. The molecule has 0 radical (unpaired) electrons. The smallest absolute Gasteiger partial charge is 0.434 e. The number of ether oxygens (including phenoxy) is 1. The van der Waals surface area contributed by atoms with Gasteiger partial charge in [-0.2, -0.15) is 18.3 Å². The minimum atomic E-state index is -4.81. The van der Waals surface area contributed by atoms with Gasteiger partial charge in [-0.3, -0.25) is 5.10 Å². The Morgan fingerprint density at radius 3 is 2.38 bits per heavy atom. The monoisotopic (exact) mass is 628 g/mol. The van der Waals surface area contributed by atoms with E-state index in [9.17, 15) is 26.4 Å². The number of aromatic nitrogens is 3. The maximum absolute atomic E-state index is 14.3. The predicted molar refractivity (Wildman–Crippen MR) is 154 cm³/mol. The van der Waals surface area contributed by atoms with Crippen LogP contribution in [0.25, 0.3) is 10.4 Å². The molecular formula is C27H35F3N6O4S2. The van der Waals surface area contributed by atoms with Gasteiger partial charge in [0.15, 0.2) is 5.69 Å². The lowest BCUT2D eigenvalue weighted by Gasteiger charge is -2.28. The topological polar surface area (TPSA) is 138 Å². The molecule has 0 bridgehead atoms. The molecule has 0 saturated heterocycles. The first-order valence-corrected chi connectivity index (χ1v) is 15.8. The first-order chi connectivity index (χ1) is 19.5. The van der Waals surface area contributed by atoms with E-state index in [1.54, 1.807) is 40.7 Å². The van der Waals surface area contributed by atoms with Gasteiger partial charge in [0.1, 0.15) is 5.82 Å². The summed E-state index contributed by atoms with van der Waals surface area (Å²) in [5.41, 5.74) is -1.75. The zero-order chi connectivity index (χ0) is 30.9. The molecule has 1 saturated carbocycles. The molecule has 1 amide bonds. The third-order valence-electron chi connectivity index (χ3n) is 6.39. The number of carbonyl (C=O) groups excluding carboxylic acids is 1. The Hall–Kier alpha value is -3.17. The van der Waals surface area contributed by atoms with Gasteiger partial charge in [-0.05, 0) is 72.4 Å². The summed E-state index contributed by atoms with van der Waals surface area (Å²) in [5.74, 6) is 0.214. The zero-order valence-corrected chi connectivity index (χ0v) is 25.6. The van der Waals surface area contributed by atoms with E-state index in [0.717, 1.165) is 11.3 Å². The van der Waals surface area contributed by atoms with Crippen molar-refractivity contribution in [1.29, 1.82) is 0 Å². The molecule has 4 N–H and O–H groups in total. The first kappa shape index (κ1) is 31.8. The molecule has 42 heavy (non-hydrogen) atoms. The Bertz CT molecular complexity index is 1490. The van der Waals surface area contributed by atoms with E-state index in [-0.39, 0.29) is 38.4 Å². The average molecular weight is 629 g/mol. The number of hydrogen-bond donors (Lipinski definition) is 4. The van der Waals surface area contributed by atoms with Crippen LogP contribution in [0.4, 0.5) is 29.5 Å². The normalized spacial score (nSPS) is 18.2. The number of H-pyrrole nitrogens is 1. The van der Waals surface area contributed by atoms with Crippen LogP contribution in [0.15, 0.2) is 35.4 Å². The summed E-state index contributed by atoms with van der Waals surface area (Å²) < 4.78 is 77.8. The van der Waals surface area contributed by atoms with Crippen LogP contribution in [0.3, 0.4) is 0 Å². The van der Waals surface area contributed by atoms with Gasteiger partial charge in [-0.15, -0.1) is 11.3 Å². The Morgan fingerprint density at radius 1 is 1.12 bits per heavy atom. The number of carbonyl (C=O) groups is 1. The second-order valence-corrected chi connectivity index (χ2v) is 14.2. The van der Waals surface area contributed by atoms with Crippen LogP contribution in [-0.4, -0.2) is 47.4 Å². The molecule has 10 nitrogen and oxygen atoms in total. The summed E-state index contributed by atoms with van der Waals surface area (Å²) in [4.78, 5) is 15.4. The second-order valence-electron chi connectivity index (χ2n) is 11.5. The largest absolute Gasteiger partial charge is 0.447 e. The molecule has 1 aliphatic rings. The molecule has 2 aromatic heterocycles. The predicted octanol–water partition coefficient (Wildman–Crippen LogP) is 6.53. The first-order valence-electron chi connectivity index (χ1n) is 13.5. The van der Waals surface area contributed by atoms with Crippen molar-refractivity contribution in [2.75, 3.05) is 5.32 Å². The minimum Gasteiger partial charge on any atom is -0.447 e. The standard InChI is InChI=1S/C27H35F3N6O4S2/c1-15(2)40-25(37)33-17-8-6-16(7-9-17)24-34-23(27(28,29)30)22(41-24)19-11-10-18(32-21-12-13-31-35-21)14-20(19)42(38,39)36-26(3,4)5/h10-17,36H,6-9H2,1-5H3,(H,33,37)(H2,31,32,35). The molecule has 0 atom stereocenters. The third kappa shape index (κ3) is 8.01. The fourth-order valence-corrected chi connectivity index (χ4v) is 7.75. The quantitative estimate of drug-likeness (QED) is 0.222. The van der Waals surface area contributed by atoms with Gasteiger partial charge in [-0.1, -0.05) is 6.07 Å². The second kappa shape index (κ2) is 12.2. The number of halogens is 3. The number of alkyl carbamates (subject to hydrolysis) is 1. The lowest BCUT2D eigenvalue weighted by atomic mass is 9.86. The van der Waals surface area contributed by atoms with Crippen molar-refractivity contribution in [2.24, 2.45) is 0 Å². The van der Waals surface area contributed by atoms with Gasteiger partial charge in [0, 0.05) is 34.8 Å². The number of sulfonamides is 1. The molecule has 0 unspecified atom stereocenters. The van der Waals surface area contributed by atoms with E-state index in [4.69, 9.17) is 4.74 Å². The van der Waals surface area contributed by atoms with Crippen molar-refractivity contribution in [3.05, 3.63) is 41.2 Å². The summed E-state index contributed by atoms with van der Waals surface area (Å²) in [7, 11) is -4.26. The number of rotatable bonds is 8. The van der Waals surface area contributed by atoms with Crippen LogP contribution in [0, 0.1) is 0 Å². The highest BCUT2D eigenvalue weighted by Crippen LogP contribution is 2.46. The highest BCUT2D eigenvalue weighted by molar-refractivity contribution is 7.89. The van der Waals surface area contributed by atoms with Crippen LogP contribution in [0.5, 0.6) is 0 Å². The summed E-state index contributed by atoms with van der Waals surface area (Å²) >= 11 is 0.857. The van der Waals surface area contributed by atoms with Crippen molar-refractivity contribution in [3.8, 4) is 10.4 Å². The number of amides is 1. The van der Waals surface area contributed by atoms with Gasteiger partial charge < -0.3 is 15.4 Å². The van der Waals surface area contributed by atoms with Crippen molar-refractivity contribution < 1.29 is 31.1 Å². The fraction of sp³-hybridized carbons (Fsp3) is 0.519. The summed E-state index contributed by atoms with van der Waals surface area (Å²) in [5, 5.41) is 12.6. The zero-order valence-electron chi connectivity index (χ0n) is 23.9. The number of nitrogens with zero attached hydrogens (tertiary/aromatic N) is 2. The van der Waals surface area contributed by atoms with Gasteiger partial charge in [0.25, 0.3) is 0 Å². The average Bonchev–Trinajstić information content (AvgIpc) is 3.53. The van der Waals surface area contributed by atoms with E-state index in [1.807, 2.05) is 0 Å². The number of alkyl halides is 3. The molecule has 4 rings (SSSR count). The van der Waals surface area contributed by atoms with Crippen molar-refractivity contribution >= 4 is 39.0 Å². The molecular weight excluding hydrogens is 593 g/mol. The Morgan fingerprint density at radius 2 is 1.81 bits per heavy atom. The maximum Gasteiger partial charge on any atom is 0.434 e. The molecule has 0 aliphatic heterocycles. The number of anilines is 2. The molecule has 0 spiro atoms. The van der Waals surface area contributed by atoms with Crippen LogP contribution in [-0.2, 0) is 20.9 Å². The van der Waals surface area contributed by atoms with Crippen molar-refractivity contribution in [1.82, 2.24) is 25.2 Å². The highest BCUT2D eigenvalue weighted by Gasteiger charge is 2.41. The van der Waals surface area contributed by atoms with E-state index < -0.39 is 33.5 Å². The molecule has 2 heterocycles. The van der Waals surface area contributed by atoms with E-state index >= 15 is 0 Å². The summed E-state index contributed by atoms with van der Waals surface area (Å²) in [6.07, 6.45) is -1.96. The van der Waals surface area contributed by atoms with Crippen LogP contribution in [0.2, 0.25) is 0 Å². The molecule has 1 aromatic carbocycles. The SMILES string of the molecule is CC(C)OC(=O)NC1CCC(c2nc(C(F)(F)F)c(-c3ccc(Nc4ccn[nH]4)cc3S(=O)(=O)NC(C)(C)C)s2)CC1. The Labute approximate surface area is 246 Å². The van der Waals surface area contributed by atoms with Gasteiger partial charge >= 0.3 is 12.3 Å². The van der Waals surface area contributed by atoms with Gasteiger partial charge in [0.05, 0.1) is 27.1 Å². The molecule has 1 aliphatic carbocycles. The van der Waals surface area contributed by atoms with Crippen LogP contribution >= 0.6 is 11.3 Å². The van der Waals surface area contributed by atoms with Crippen molar-refractivity contribution in [3.63, 3.8) is 0 Å². The number of thiazole rings is 1. The maximum atomic E-state index is 14.3. The number of nitrogens with one attached hydrogen (secondary N) is 4. The number of hydrogen-bond acceptors (Lipinski definition) is 8. The molecule has 1 fully saturated rings.